The number of hydrogen-bond acceptors (Lipinski definition) is 2. The molecule has 1 unspecified atom stereocenters. The summed E-state index contributed by atoms with van der Waals surface area (Å²) in [6, 6.07) is 11.8. The molecule has 21 heavy (non-hydrogen) atoms. The molecule has 1 heterocycles. The molecule has 3 rings (SSSR count). The van der Waals surface area contributed by atoms with Crippen LogP contribution < -0.4 is 5.73 Å². The van der Waals surface area contributed by atoms with Gasteiger partial charge in [-0.05, 0) is 43.2 Å². The topological polar surface area (TPSA) is 39.2 Å². The highest BCUT2D eigenvalue weighted by Gasteiger charge is 2.18. The standard InChI is InChI=1S/C17H15ClFNO/c1-10-13-9-12(19)6-7-16(13)21-17(10)15(20)8-11-4-2-3-5-14(11)18/h2-7,9,15H,8,20H2,1H3. The van der Waals surface area contributed by atoms with Gasteiger partial charge in [0.2, 0.25) is 0 Å². The zero-order chi connectivity index (χ0) is 15.0. The van der Waals surface area contributed by atoms with Gasteiger partial charge >= 0.3 is 0 Å². The van der Waals surface area contributed by atoms with E-state index in [0.717, 1.165) is 16.5 Å². The van der Waals surface area contributed by atoms with Gasteiger partial charge in [-0.25, -0.2) is 4.39 Å². The fourth-order valence-electron chi connectivity index (χ4n) is 2.56. The Morgan fingerprint density at radius 3 is 2.76 bits per heavy atom. The van der Waals surface area contributed by atoms with Crippen molar-refractivity contribution in [3.05, 3.63) is 70.2 Å². The smallest absolute Gasteiger partial charge is 0.134 e. The average Bonchev–Trinajstić information content (AvgIpc) is 2.79. The van der Waals surface area contributed by atoms with Crippen LogP contribution in [0.5, 0.6) is 0 Å². The van der Waals surface area contributed by atoms with E-state index in [0.29, 0.717) is 22.8 Å². The lowest BCUT2D eigenvalue weighted by Gasteiger charge is -2.11. The highest BCUT2D eigenvalue weighted by atomic mass is 35.5. The maximum atomic E-state index is 13.3. The molecule has 0 aliphatic rings. The Morgan fingerprint density at radius 2 is 2.00 bits per heavy atom. The molecule has 1 aromatic heterocycles. The van der Waals surface area contributed by atoms with E-state index >= 15 is 0 Å². The van der Waals surface area contributed by atoms with Crippen LogP contribution in [0.2, 0.25) is 5.02 Å². The van der Waals surface area contributed by atoms with E-state index in [1.54, 1.807) is 6.07 Å². The molecule has 0 spiro atoms. The third-order valence-electron chi connectivity index (χ3n) is 3.67. The zero-order valence-electron chi connectivity index (χ0n) is 11.6. The predicted octanol–water partition coefficient (Wildman–Crippen LogP) is 4.78. The Bertz CT molecular complexity index is 797. The normalized spacial score (nSPS) is 12.8. The number of fused-ring (bicyclic) bond motifs is 1. The summed E-state index contributed by atoms with van der Waals surface area (Å²) in [5.74, 6) is 0.396. The van der Waals surface area contributed by atoms with E-state index in [-0.39, 0.29) is 11.9 Å². The van der Waals surface area contributed by atoms with Crippen molar-refractivity contribution in [1.29, 1.82) is 0 Å². The van der Waals surface area contributed by atoms with Crippen molar-refractivity contribution in [3.8, 4) is 0 Å². The van der Waals surface area contributed by atoms with E-state index in [1.807, 2.05) is 31.2 Å². The fraction of sp³-hybridized carbons (Fsp3) is 0.176. The monoisotopic (exact) mass is 303 g/mol. The minimum atomic E-state index is -0.319. The molecule has 2 N–H and O–H groups in total. The molecule has 0 amide bonds. The molecular weight excluding hydrogens is 289 g/mol. The van der Waals surface area contributed by atoms with Gasteiger partial charge in [-0.1, -0.05) is 29.8 Å². The highest BCUT2D eigenvalue weighted by Crippen LogP contribution is 2.31. The predicted molar refractivity (Wildman–Crippen MR) is 83.0 cm³/mol. The first-order valence-electron chi connectivity index (χ1n) is 6.74. The van der Waals surface area contributed by atoms with Crippen LogP contribution in [0, 0.1) is 12.7 Å². The number of benzene rings is 2. The van der Waals surface area contributed by atoms with Crippen molar-refractivity contribution in [2.75, 3.05) is 0 Å². The van der Waals surface area contributed by atoms with Crippen LogP contribution in [0.4, 0.5) is 4.39 Å². The summed E-state index contributed by atoms with van der Waals surface area (Å²) in [7, 11) is 0. The van der Waals surface area contributed by atoms with Gasteiger partial charge in [-0.3, -0.25) is 0 Å². The van der Waals surface area contributed by atoms with E-state index in [9.17, 15) is 4.39 Å². The first kappa shape index (κ1) is 14.1. The maximum Gasteiger partial charge on any atom is 0.134 e. The lowest BCUT2D eigenvalue weighted by molar-refractivity contribution is 0.490. The minimum absolute atomic E-state index is 0.280. The van der Waals surface area contributed by atoms with E-state index in [4.69, 9.17) is 21.8 Å². The molecular formula is C17H15ClFNO. The van der Waals surface area contributed by atoms with E-state index in [1.165, 1.54) is 12.1 Å². The molecule has 0 saturated heterocycles. The summed E-state index contributed by atoms with van der Waals surface area (Å²) in [5, 5.41) is 1.45. The Labute approximate surface area is 127 Å². The summed E-state index contributed by atoms with van der Waals surface area (Å²) >= 11 is 6.16. The Morgan fingerprint density at radius 1 is 1.24 bits per heavy atom. The van der Waals surface area contributed by atoms with Crippen LogP contribution >= 0.6 is 11.6 Å². The molecule has 2 aromatic carbocycles. The number of aryl methyl sites for hydroxylation is 1. The van der Waals surface area contributed by atoms with Gasteiger partial charge in [0.1, 0.15) is 17.2 Å². The average molecular weight is 304 g/mol. The van der Waals surface area contributed by atoms with Gasteiger partial charge in [0.25, 0.3) is 0 Å². The van der Waals surface area contributed by atoms with Gasteiger partial charge in [0, 0.05) is 16.0 Å². The van der Waals surface area contributed by atoms with Crippen LogP contribution in [0.3, 0.4) is 0 Å². The summed E-state index contributed by atoms with van der Waals surface area (Å²) in [4.78, 5) is 0. The molecule has 0 bridgehead atoms. The van der Waals surface area contributed by atoms with Crippen LogP contribution in [0.15, 0.2) is 46.9 Å². The van der Waals surface area contributed by atoms with E-state index in [2.05, 4.69) is 0 Å². The third-order valence-corrected chi connectivity index (χ3v) is 4.04. The molecule has 4 heteroatoms. The summed E-state index contributed by atoms with van der Waals surface area (Å²) < 4.78 is 19.1. The minimum Gasteiger partial charge on any atom is -0.459 e. The third kappa shape index (κ3) is 2.67. The molecule has 0 fully saturated rings. The molecule has 0 aliphatic carbocycles. The number of hydrogen-bond donors (Lipinski definition) is 1. The lowest BCUT2D eigenvalue weighted by Crippen LogP contribution is -2.13. The first-order valence-corrected chi connectivity index (χ1v) is 7.11. The second-order valence-corrected chi connectivity index (χ2v) is 5.54. The number of furan rings is 1. The van der Waals surface area contributed by atoms with Crippen LogP contribution in [-0.4, -0.2) is 0 Å². The second kappa shape index (κ2) is 5.51. The van der Waals surface area contributed by atoms with Crippen molar-refractivity contribution in [3.63, 3.8) is 0 Å². The molecule has 0 saturated carbocycles. The second-order valence-electron chi connectivity index (χ2n) is 5.13. The van der Waals surface area contributed by atoms with Gasteiger partial charge in [-0.2, -0.15) is 0 Å². The fourth-order valence-corrected chi connectivity index (χ4v) is 2.77. The van der Waals surface area contributed by atoms with Crippen LogP contribution in [-0.2, 0) is 6.42 Å². The van der Waals surface area contributed by atoms with Crippen molar-refractivity contribution in [2.45, 2.75) is 19.4 Å². The van der Waals surface area contributed by atoms with Crippen molar-refractivity contribution >= 4 is 22.6 Å². The van der Waals surface area contributed by atoms with Gasteiger partial charge < -0.3 is 10.2 Å². The molecule has 0 aliphatic heterocycles. The Hall–Kier alpha value is -1.84. The first-order chi connectivity index (χ1) is 10.1. The molecule has 0 radical (unpaired) electrons. The van der Waals surface area contributed by atoms with Crippen molar-refractivity contribution in [1.82, 2.24) is 0 Å². The van der Waals surface area contributed by atoms with Crippen molar-refractivity contribution < 1.29 is 8.81 Å². The number of rotatable bonds is 3. The van der Waals surface area contributed by atoms with Crippen molar-refractivity contribution in [2.24, 2.45) is 5.73 Å². The summed E-state index contributed by atoms with van der Waals surface area (Å²) in [6.45, 7) is 1.90. The number of nitrogens with two attached hydrogens (primary N) is 1. The highest BCUT2D eigenvalue weighted by molar-refractivity contribution is 6.31. The van der Waals surface area contributed by atoms with Crippen LogP contribution in [0.1, 0.15) is 22.9 Å². The zero-order valence-corrected chi connectivity index (χ0v) is 12.3. The van der Waals surface area contributed by atoms with Crippen LogP contribution in [0.25, 0.3) is 11.0 Å². The largest absolute Gasteiger partial charge is 0.459 e. The number of halogens is 2. The van der Waals surface area contributed by atoms with Gasteiger partial charge in [-0.15, -0.1) is 0 Å². The molecule has 108 valence electrons. The summed E-state index contributed by atoms with van der Waals surface area (Å²) in [5.41, 5.74) is 8.75. The lowest BCUT2D eigenvalue weighted by atomic mass is 10.0. The molecule has 2 nitrogen and oxygen atoms in total. The SMILES string of the molecule is Cc1c(C(N)Cc2ccccc2Cl)oc2ccc(F)cc12. The van der Waals surface area contributed by atoms with Gasteiger partial charge in [0.05, 0.1) is 6.04 Å². The Kier molecular flexibility index (Phi) is 3.70. The Balaban J connectivity index is 1.96. The summed E-state index contributed by atoms with van der Waals surface area (Å²) in [6.07, 6.45) is 0.572. The molecule has 1 atom stereocenters. The molecule has 3 aromatic rings. The quantitative estimate of drug-likeness (QED) is 0.756. The van der Waals surface area contributed by atoms with Gasteiger partial charge in [0.15, 0.2) is 0 Å². The van der Waals surface area contributed by atoms with E-state index < -0.39 is 0 Å². The maximum absolute atomic E-state index is 13.3.